The molecule has 1 heterocycles. The highest BCUT2D eigenvalue weighted by Gasteiger charge is 2.31. The molecule has 4 heteroatoms. The molecule has 2 unspecified atom stereocenters. The first-order valence-corrected chi connectivity index (χ1v) is 6.42. The van der Waals surface area contributed by atoms with Crippen LogP contribution >= 0.6 is 0 Å². The summed E-state index contributed by atoms with van der Waals surface area (Å²) in [6.45, 7) is 2.30. The van der Waals surface area contributed by atoms with E-state index in [0.717, 1.165) is 18.4 Å². The number of carbonyl (C=O) groups excluding carboxylic acids is 1. The Bertz CT molecular complexity index is 404. The van der Waals surface area contributed by atoms with E-state index >= 15 is 0 Å². The first kappa shape index (κ1) is 13.0. The van der Waals surface area contributed by atoms with Gasteiger partial charge in [-0.1, -0.05) is 6.07 Å². The smallest absolute Gasteiger partial charge is 0.229 e. The van der Waals surface area contributed by atoms with Crippen LogP contribution in [-0.2, 0) is 4.79 Å². The van der Waals surface area contributed by atoms with E-state index in [4.69, 9.17) is 0 Å². The first-order chi connectivity index (χ1) is 8.59. The Hall–Kier alpha value is -1.42. The maximum absolute atomic E-state index is 12.2. The van der Waals surface area contributed by atoms with Crippen molar-refractivity contribution in [3.8, 4) is 0 Å². The molecule has 98 valence electrons. The van der Waals surface area contributed by atoms with Crippen molar-refractivity contribution >= 4 is 5.91 Å². The SMILES string of the molecule is CC(C(=O)N(C)CC(O)C1CC1)c1cccnc1. The highest BCUT2D eigenvalue weighted by atomic mass is 16.3. The quantitative estimate of drug-likeness (QED) is 0.857. The van der Waals surface area contributed by atoms with Gasteiger partial charge in [0.2, 0.25) is 5.91 Å². The van der Waals surface area contributed by atoms with Gasteiger partial charge in [-0.3, -0.25) is 9.78 Å². The molecular weight excluding hydrogens is 228 g/mol. The topological polar surface area (TPSA) is 53.4 Å². The van der Waals surface area contributed by atoms with E-state index in [1.165, 1.54) is 0 Å². The fourth-order valence-corrected chi connectivity index (χ4v) is 2.11. The zero-order valence-electron chi connectivity index (χ0n) is 10.9. The molecule has 1 fully saturated rings. The van der Waals surface area contributed by atoms with Gasteiger partial charge in [-0.05, 0) is 37.3 Å². The van der Waals surface area contributed by atoms with Gasteiger partial charge < -0.3 is 10.0 Å². The highest BCUT2D eigenvalue weighted by molar-refractivity contribution is 5.83. The van der Waals surface area contributed by atoms with Crippen molar-refractivity contribution < 1.29 is 9.90 Å². The zero-order valence-corrected chi connectivity index (χ0v) is 10.9. The van der Waals surface area contributed by atoms with Crippen LogP contribution in [-0.4, -0.2) is 40.6 Å². The number of aliphatic hydroxyl groups excluding tert-OH is 1. The molecule has 2 rings (SSSR count). The van der Waals surface area contributed by atoms with E-state index in [-0.39, 0.29) is 17.9 Å². The van der Waals surface area contributed by atoms with Gasteiger partial charge in [0.05, 0.1) is 12.0 Å². The average molecular weight is 248 g/mol. The molecule has 4 nitrogen and oxygen atoms in total. The molecule has 0 radical (unpaired) electrons. The lowest BCUT2D eigenvalue weighted by molar-refractivity contribution is -0.132. The van der Waals surface area contributed by atoms with Gasteiger partial charge in [-0.2, -0.15) is 0 Å². The van der Waals surface area contributed by atoms with E-state index in [1.807, 2.05) is 19.1 Å². The molecular formula is C14H20N2O2. The number of pyridine rings is 1. The second kappa shape index (κ2) is 5.48. The molecule has 0 spiro atoms. The van der Waals surface area contributed by atoms with Gasteiger partial charge in [0.1, 0.15) is 0 Å². The Morgan fingerprint density at radius 2 is 2.33 bits per heavy atom. The van der Waals surface area contributed by atoms with Crippen molar-refractivity contribution in [3.05, 3.63) is 30.1 Å². The normalized spacial score (nSPS) is 18.2. The maximum Gasteiger partial charge on any atom is 0.229 e. The number of aromatic nitrogens is 1. The third kappa shape index (κ3) is 3.07. The molecule has 1 aromatic heterocycles. The fourth-order valence-electron chi connectivity index (χ4n) is 2.11. The lowest BCUT2D eigenvalue weighted by Crippen LogP contribution is -2.37. The minimum absolute atomic E-state index is 0.0303. The van der Waals surface area contributed by atoms with Crippen LogP contribution in [0.1, 0.15) is 31.2 Å². The Kier molecular flexibility index (Phi) is 3.97. The Morgan fingerprint density at radius 1 is 1.61 bits per heavy atom. The number of hydrogen-bond donors (Lipinski definition) is 1. The Morgan fingerprint density at radius 3 is 2.89 bits per heavy atom. The zero-order chi connectivity index (χ0) is 13.1. The summed E-state index contributed by atoms with van der Waals surface area (Å²) in [6, 6.07) is 3.74. The molecule has 2 atom stereocenters. The van der Waals surface area contributed by atoms with Crippen molar-refractivity contribution in [2.24, 2.45) is 5.92 Å². The summed E-state index contributed by atoms with van der Waals surface area (Å²) >= 11 is 0. The van der Waals surface area contributed by atoms with E-state index in [1.54, 1.807) is 24.3 Å². The van der Waals surface area contributed by atoms with Crippen LogP contribution in [0.2, 0.25) is 0 Å². The van der Waals surface area contributed by atoms with Crippen LogP contribution in [0.5, 0.6) is 0 Å². The predicted octanol–water partition coefficient (Wildman–Crippen LogP) is 1.41. The highest BCUT2D eigenvalue weighted by Crippen LogP contribution is 2.33. The third-order valence-electron chi connectivity index (χ3n) is 3.56. The van der Waals surface area contributed by atoms with Crippen molar-refractivity contribution in [1.82, 2.24) is 9.88 Å². The fraction of sp³-hybridized carbons (Fsp3) is 0.571. The third-order valence-corrected chi connectivity index (χ3v) is 3.56. The summed E-state index contributed by atoms with van der Waals surface area (Å²) in [6.07, 6.45) is 5.21. The van der Waals surface area contributed by atoms with Gasteiger partial charge in [0.25, 0.3) is 0 Å². The maximum atomic E-state index is 12.2. The average Bonchev–Trinajstić information content (AvgIpc) is 3.22. The van der Waals surface area contributed by atoms with Crippen LogP contribution in [0.15, 0.2) is 24.5 Å². The predicted molar refractivity (Wildman–Crippen MR) is 69.0 cm³/mol. The number of rotatable bonds is 5. The summed E-state index contributed by atoms with van der Waals surface area (Å²) in [4.78, 5) is 17.9. The number of carbonyl (C=O) groups is 1. The van der Waals surface area contributed by atoms with Crippen molar-refractivity contribution in [2.75, 3.05) is 13.6 Å². The molecule has 1 aromatic rings. The van der Waals surface area contributed by atoms with Gasteiger partial charge >= 0.3 is 0 Å². The largest absolute Gasteiger partial charge is 0.391 e. The van der Waals surface area contributed by atoms with E-state index in [9.17, 15) is 9.90 Å². The second-order valence-corrected chi connectivity index (χ2v) is 5.13. The van der Waals surface area contributed by atoms with E-state index in [2.05, 4.69) is 4.98 Å². The Labute approximate surface area is 108 Å². The van der Waals surface area contributed by atoms with Gasteiger partial charge in [0.15, 0.2) is 0 Å². The van der Waals surface area contributed by atoms with Crippen LogP contribution in [0.3, 0.4) is 0 Å². The molecule has 1 aliphatic carbocycles. The lowest BCUT2D eigenvalue weighted by Gasteiger charge is -2.24. The summed E-state index contributed by atoms with van der Waals surface area (Å²) in [5.74, 6) is 0.215. The molecule has 0 saturated heterocycles. The van der Waals surface area contributed by atoms with Crippen LogP contribution in [0, 0.1) is 5.92 Å². The summed E-state index contributed by atoms with van der Waals surface area (Å²) in [7, 11) is 1.75. The molecule has 1 amide bonds. The Balaban J connectivity index is 1.93. The molecule has 0 bridgehead atoms. The number of nitrogens with zero attached hydrogens (tertiary/aromatic N) is 2. The summed E-state index contributed by atoms with van der Waals surface area (Å²) in [5, 5.41) is 9.85. The first-order valence-electron chi connectivity index (χ1n) is 6.42. The summed E-state index contributed by atoms with van der Waals surface area (Å²) < 4.78 is 0. The van der Waals surface area contributed by atoms with Crippen molar-refractivity contribution in [3.63, 3.8) is 0 Å². The van der Waals surface area contributed by atoms with Crippen LogP contribution in [0.4, 0.5) is 0 Å². The van der Waals surface area contributed by atoms with Crippen molar-refractivity contribution in [2.45, 2.75) is 31.8 Å². The number of likely N-dealkylation sites (N-methyl/N-ethyl adjacent to an activating group) is 1. The summed E-state index contributed by atoms with van der Waals surface area (Å²) in [5.41, 5.74) is 0.912. The second-order valence-electron chi connectivity index (χ2n) is 5.13. The minimum atomic E-state index is -0.375. The molecule has 18 heavy (non-hydrogen) atoms. The van der Waals surface area contributed by atoms with E-state index in [0.29, 0.717) is 12.5 Å². The number of amides is 1. The molecule has 0 aromatic carbocycles. The molecule has 1 saturated carbocycles. The van der Waals surface area contributed by atoms with Gasteiger partial charge in [-0.25, -0.2) is 0 Å². The number of aliphatic hydroxyl groups is 1. The molecule has 1 N–H and O–H groups in total. The molecule has 0 aliphatic heterocycles. The lowest BCUT2D eigenvalue weighted by atomic mass is 10.0. The van der Waals surface area contributed by atoms with Crippen LogP contribution < -0.4 is 0 Å². The van der Waals surface area contributed by atoms with Gasteiger partial charge in [0, 0.05) is 26.0 Å². The monoisotopic (exact) mass is 248 g/mol. The van der Waals surface area contributed by atoms with Crippen molar-refractivity contribution in [1.29, 1.82) is 0 Å². The molecule has 1 aliphatic rings. The van der Waals surface area contributed by atoms with E-state index < -0.39 is 0 Å². The number of hydrogen-bond acceptors (Lipinski definition) is 3. The van der Waals surface area contributed by atoms with Crippen LogP contribution in [0.25, 0.3) is 0 Å². The van der Waals surface area contributed by atoms with Gasteiger partial charge in [-0.15, -0.1) is 0 Å². The standard InChI is InChI=1S/C14H20N2O2/c1-10(12-4-3-7-15-8-12)14(18)16(2)9-13(17)11-5-6-11/h3-4,7-8,10-11,13,17H,5-6,9H2,1-2H3. The minimum Gasteiger partial charge on any atom is -0.391 e.